The van der Waals surface area contributed by atoms with E-state index in [1.165, 1.54) is 0 Å². The second kappa shape index (κ2) is 5.04. The maximum atomic E-state index is 12.7. The molecule has 4 rings (SSSR count). The van der Waals surface area contributed by atoms with Crippen LogP contribution in [0, 0.1) is 0 Å². The van der Waals surface area contributed by atoms with Crippen LogP contribution in [0.3, 0.4) is 0 Å². The minimum absolute atomic E-state index is 0.182. The molecule has 0 spiro atoms. The van der Waals surface area contributed by atoms with Gasteiger partial charge >= 0.3 is 0 Å². The maximum Gasteiger partial charge on any atom is 0.193 e. The molecule has 0 fully saturated rings. The van der Waals surface area contributed by atoms with Gasteiger partial charge in [-0.15, -0.1) is 0 Å². The smallest absolute Gasteiger partial charge is 0.193 e. The van der Waals surface area contributed by atoms with Crippen LogP contribution < -0.4 is 5.43 Å². The minimum Gasteiger partial charge on any atom is -0.358 e. The van der Waals surface area contributed by atoms with Gasteiger partial charge in [-0.25, -0.2) is 0 Å². The monoisotopic (exact) mass is 294 g/mol. The van der Waals surface area contributed by atoms with Gasteiger partial charge in [0.25, 0.3) is 0 Å². The number of rotatable bonds is 1. The highest BCUT2D eigenvalue weighted by molar-refractivity contribution is 7.98. The van der Waals surface area contributed by atoms with Crippen molar-refractivity contribution >= 4 is 22.7 Å². The normalized spacial score (nSPS) is 14.1. The van der Waals surface area contributed by atoms with Crippen molar-refractivity contribution < 1.29 is 0 Å². The lowest BCUT2D eigenvalue weighted by Crippen LogP contribution is -2.18. The van der Waals surface area contributed by atoms with Crippen molar-refractivity contribution in [2.45, 2.75) is 12.2 Å². The first-order valence-corrected chi connectivity index (χ1v) is 8.14. The highest BCUT2D eigenvalue weighted by Crippen LogP contribution is 2.26. The lowest BCUT2D eigenvalue weighted by molar-refractivity contribution is 1.00. The molecule has 0 saturated heterocycles. The summed E-state index contributed by atoms with van der Waals surface area (Å²) in [5, 5.41) is 0.783. The quantitative estimate of drug-likeness (QED) is 0.748. The molecule has 3 heterocycles. The van der Waals surface area contributed by atoms with Gasteiger partial charge < -0.3 is 4.98 Å². The Hall–Kier alpha value is -2.07. The topological polar surface area (TPSA) is 45.8 Å². The van der Waals surface area contributed by atoms with E-state index >= 15 is 0 Å². The Labute approximate surface area is 126 Å². The zero-order valence-electron chi connectivity index (χ0n) is 11.4. The number of H-pyrrole nitrogens is 1. The first-order valence-electron chi connectivity index (χ1n) is 6.99. The van der Waals surface area contributed by atoms with E-state index in [0.717, 1.165) is 51.2 Å². The fourth-order valence-electron chi connectivity index (χ4n) is 2.82. The molecule has 2 aromatic heterocycles. The zero-order chi connectivity index (χ0) is 14.2. The van der Waals surface area contributed by atoms with Crippen LogP contribution in [0.5, 0.6) is 0 Å². The number of thioether (sulfide) groups is 1. The van der Waals surface area contributed by atoms with Gasteiger partial charge in [-0.2, -0.15) is 11.8 Å². The lowest BCUT2D eigenvalue weighted by Gasteiger charge is -2.16. The Balaban J connectivity index is 1.96. The summed E-state index contributed by atoms with van der Waals surface area (Å²) in [4.78, 5) is 20.2. The molecular formula is C17H14N2OS. The average molecular weight is 294 g/mol. The summed E-state index contributed by atoms with van der Waals surface area (Å²) in [5.74, 6) is 1.91. The van der Waals surface area contributed by atoms with Crippen LogP contribution in [0.4, 0.5) is 0 Å². The number of aryl methyl sites for hydroxylation is 1. The van der Waals surface area contributed by atoms with Crippen molar-refractivity contribution in [1.29, 1.82) is 0 Å². The number of nitrogens with one attached hydrogen (secondary N) is 1. The number of benzene rings is 1. The number of nitrogens with zero attached hydrogens (tertiary/aromatic N) is 1. The van der Waals surface area contributed by atoms with Gasteiger partial charge in [-0.1, -0.05) is 6.07 Å². The van der Waals surface area contributed by atoms with E-state index in [1.807, 2.05) is 36.0 Å². The molecule has 1 N–H and O–H groups in total. The third-order valence-corrected chi connectivity index (χ3v) is 4.93. The minimum atomic E-state index is 0.182. The van der Waals surface area contributed by atoms with Gasteiger partial charge in [0, 0.05) is 40.3 Å². The fourth-order valence-corrected chi connectivity index (χ4v) is 3.82. The molecular weight excluding hydrogens is 280 g/mol. The van der Waals surface area contributed by atoms with Crippen molar-refractivity contribution in [3.05, 3.63) is 64.2 Å². The molecule has 0 amide bonds. The standard InChI is InChI=1S/C17H14N2OS/c20-17-13-9-12(11-3-6-18-7-4-11)1-2-15(13)19-16-5-8-21-10-14(16)17/h1-4,6-7,9H,5,8,10H2,(H,19,20). The molecule has 0 saturated carbocycles. The summed E-state index contributed by atoms with van der Waals surface area (Å²) in [6.45, 7) is 0. The molecule has 0 atom stereocenters. The van der Waals surface area contributed by atoms with Crippen molar-refractivity contribution in [3.63, 3.8) is 0 Å². The van der Waals surface area contributed by atoms with Gasteiger partial charge in [0.15, 0.2) is 5.43 Å². The van der Waals surface area contributed by atoms with E-state index in [1.54, 1.807) is 12.4 Å². The highest BCUT2D eigenvalue weighted by Gasteiger charge is 2.16. The molecule has 0 bridgehead atoms. The van der Waals surface area contributed by atoms with E-state index in [0.29, 0.717) is 0 Å². The summed E-state index contributed by atoms with van der Waals surface area (Å²) in [5.41, 5.74) is 5.32. The summed E-state index contributed by atoms with van der Waals surface area (Å²) in [7, 11) is 0. The third-order valence-electron chi connectivity index (χ3n) is 3.94. The molecule has 1 aliphatic heterocycles. The molecule has 4 heteroatoms. The molecule has 104 valence electrons. The summed E-state index contributed by atoms with van der Waals surface area (Å²) in [6.07, 6.45) is 4.50. The Morgan fingerprint density at radius 1 is 1.10 bits per heavy atom. The van der Waals surface area contributed by atoms with E-state index in [-0.39, 0.29) is 5.43 Å². The molecule has 0 unspecified atom stereocenters. The van der Waals surface area contributed by atoms with Crippen LogP contribution in [0.25, 0.3) is 22.0 Å². The number of fused-ring (bicyclic) bond motifs is 2. The maximum absolute atomic E-state index is 12.7. The molecule has 0 aliphatic carbocycles. The van der Waals surface area contributed by atoms with Crippen LogP contribution in [0.15, 0.2) is 47.5 Å². The van der Waals surface area contributed by atoms with Gasteiger partial charge in [-0.3, -0.25) is 9.78 Å². The third kappa shape index (κ3) is 2.16. The summed E-state index contributed by atoms with van der Waals surface area (Å²) >= 11 is 1.83. The average Bonchev–Trinajstić information content (AvgIpc) is 2.56. The predicted molar refractivity (Wildman–Crippen MR) is 87.7 cm³/mol. The van der Waals surface area contributed by atoms with Gasteiger partial charge in [0.1, 0.15) is 0 Å². The van der Waals surface area contributed by atoms with E-state index in [2.05, 4.69) is 16.0 Å². The predicted octanol–water partition coefficient (Wildman–Crippen LogP) is 3.38. The van der Waals surface area contributed by atoms with Crippen LogP contribution in [0.1, 0.15) is 11.3 Å². The Kier molecular flexibility index (Phi) is 3.04. The van der Waals surface area contributed by atoms with Crippen molar-refractivity contribution in [1.82, 2.24) is 9.97 Å². The van der Waals surface area contributed by atoms with Crippen molar-refractivity contribution in [2.24, 2.45) is 0 Å². The molecule has 1 aliphatic rings. The Bertz CT molecular complexity index is 871. The summed E-state index contributed by atoms with van der Waals surface area (Å²) in [6, 6.07) is 9.97. The number of hydrogen-bond acceptors (Lipinski definition) is 3. The van der Waals surface area contributed by atoms with E-state index < -0.39 is 0 Å². The van der Waals surface area contributed by atoms with E-state index in [9.17, 15) is 4.79 Å². The second-order valence-corrected chi connectivity index (χ2v) is 6.32. The lowest BCUT2D eigenvalue weighted by atomic mass is 10.0. The van der Waals surface area contributed by atoms with Crippen LogP contribution in [-0.4, -0.2) is 15.7 Å². The SMILES string of the molecule is O=c1c2c([nH]c3ccc(-c4ccncc4)cc13)CCSC2. The van der Waals surface area contributed by atoms with Crippen LogP contribution in [0.2, 0.25) is 0 Å². The Morgan fingerprint density at radius 3 is 2.81 bits per heavy atom. The zero-order valence-corrected chi connectivity index (χ0v) is 12.2. The van der Waals surface area contributed by atoms with Gasteiger partial charge in [0.2, 0.25) is 0 Å². The second-order valence-electron chi connectivity index (χ2n) is 5.21. The molecule has 1 aromatic carbocycles. The largest absolute Gasteiger partial charge is 0.358 e. The van der Waals surface area contributed by atoms with Crippen molar-refractivity contribution in [3.8, 4) is 11.1 Å². The van der Waals surface area contributed by atoms with Gasteiger partial charge in [-0.05, 0) is 47.6 Å². The highest BCUT2D eigenvalue weighted by atomic mass is 32.2. The Morgan fingerprint density at radius 2 is 1.95 bits per heavy atom. The van der Waals surface area contributed by atoms with Crippen LogP contribution in [-0.2, 0) is 12.2 Å². The number of aromatic amines is 1. The number of pyridine rings is 2. The van der Waals surface area contributed by atoms with E-state index in [4.69, 9.17) is 0 Å². The molecule has 21 heavy (non-hydrogen) atoms. The molecule has 3 aromatic rings. The van der Waals surface area contributed by atoms with Crippen molar-refractivity contribution in [2.75, 3.05) is 5.75 Å². The molecule has 3 nitrogen and oxygen atoms in total. The molecule has 0 radical (unpaired) electrons. The number of hydrogen-bond donors (Lipinski definition) is 1. The first kappa shape index (κ1) is 12.7. The van der Waals surface area contributed by atoms with Gasteiger partial charge in [0.05, 0.1) is 0 Å². The van der Waals surface area contributed by atoms with Crippen LogP contribution >= 0.6 is 11.8 Å². The first-order chi connectivity index (χ1) is 10.3. The fraction of sp³-hybridized carbons (Fsp3) is 0.176. The summed E-state index contributed by atoms with van der Waals surface area (Å²) < 4.78 is 0. The number of aromatic nitrogens is 2.